The molecule has 2 rings (SSSR count). The van der Waals surface area contributed by atoms with Crippen LogP contribution in [0.5, 0.6) is 5.75 Å². The molecule has 2 nitrogen and oxygen atoms in total. The summed E-state index contributed by atoms with van der Waals surface area (Å²) >= 11 is 0. The minimum absolute atomic E-state index is 0.200. The first-order chi connectivity index (χ1) is 9.24. The van der Waals surface area contributed by atoms with E-state index in [1.165, 1.54) is 11.6 Å². The van der Waals surface area contributed by atoms with E-state index < -0.39 is 0 Å². The van der Waals surface area contributed by atoms with Crippen molar-refractivity contribution in [1.29, 1.82) is 0 Å². The summed E-state index contributed by atoms with van der Waals surface area (Å²) in [5.41, 5.74) is 8.10. The molecule has 0 spiro atoms. The van der Waals surface area contributed by atoms with Crippen LogP contribution in [0.25, 0.3) is 0 Å². The van der Waals surface area contributed by atoms with E-state index in [-0.39, 0.29) is 12.4 Å². The van der Waals surface area contributed by atoms with Crippen molar-refractivity contribution in [2.24, 2.45) is 5.73 Å². The Morgan fingerprint density at radius 3 is 2.63 bits per heavy atom. The van der Waals surface area contributed by atoms with Gasteiger partial charge in [0.1, 0.15) is 18.2 Å². The predicted molar refractivity (Wildman–Crippen MR) is 74.4 cm³/mol. The number of halogens is 1. The molecule has 0 radical (unpaired) electrons. The third kappa shape index (κ3) is 3.32. The summed E-state index contributed by atoms with van der Waals surface area (Å²) in [6, 6.07) is 12.9. The molecule has 100 valence electrons. The van der Waals surface area contributed by atoms with Crippen molar-refractivity contribution in [2.75, 3.05) is 0 Å². The van der Waals surface area contributed by atoms with E-state index in [1.807, 2.05) is 24.3 Å². The van der Waals surface area contributed by atoms with Crippen molar-refractivity contribution in [3.8, 4) is 5.75 Å². The zero-order chi connectivity index (χ0) is 13.7. The fourth-order valence-corrected chi connectivity index (χ4v) is 1.97. The van der Waals surface area contributed by atoms with Gasteiger partial charge in [0.15, 0.2) is 0 Å². The lowest BCUT2D eigenvalue weighted by atomic mass is 10.1. The SMILES string of the molecule is CCc1ccccc1OCc1ccc(F)c(CN)c1. The third-order valence-corrected chi connectivity index (χ3v) is 3.08. The van der Waals surface area contributed by atoms with Crippen LogP contribution in [0.4, 0.5) is 4.39 Å². The summed E-state index contributed by atoms with van der Waals surface area (Å²) in [6.07, 6.45) is 0.924. The maximum absolute atomic E-state index is 13.3. The molecule has 19 heavy (non-hydrogen) atoms. The Labute approximate surface area is 113 Å². The van der Waals surface area contributed by atoms with Crippen LogP contribution < -0.4 is 10.5 Å². The van der Waals surface area contributed by atoms with Crippen molar-refractivity contribution < 1.29 is 9.13 Å². The van der Waals surface area contributed by atoms with Gasteiger partial charge in [-0.15, -0.1) is 0 Å². The van der Waals surface area contributed by atoms with Gasteiger partial charge in [-0.05, 0) is 35.7 Å². The summed E-state index contributed by atoms with van der Waals surface area (Å²) in [4.78, 5) is 0. The van der Waals surface area contributed by atoms with Crippen LogP contribution in [0.3, 0.4) is 0 Å². The van der Waals surface area contributed by atoms with Gasteiger partial charge in [0.05, 0.1) is 0 Å². The Kier molecular flexibility index (Phi) is 4.53. The molecule has 3 heteroatoms. The molecule has 0 saturated heterocycles. The number of ether oxygens (including phenoxy) is 1. The summed E-state index contributed by atoms with van der Waals surface area (Å²) in [5, 5.41) is 0. The molecule has 0 heterocycles. The van der Waals surface area contributed by atoms with E-state index in [0.717, 1.165) is 17.7 Å². The maximum Gasteiger partial charge on any atom is 0.127 e. The lowest BCUT2D eigenvalue weighted by molar-refractivity contribution is 0.303. The van der Waals surface area contributed by atoms with E-state index >= 15 is 0 Å². The molecule has 0 atom stereocenters. The second kappa shape index (κ2) is 6.34. The van der Waals surface area contributed by atoms with E-state index in [9.17, 15) is 4.39 Å². The topological polar surface area (TPSA) is 35.2 Å². The molecule has 0 unspecified atom stereocenters. The highest BCUT2D eigenvalue weighted by molar-refractivity contribution is 5.33. The van der Waals surface area contributed by atoms with Crippen molar-refractivity contribution in [3.05, 3.63) is 65.0 Å². The molecule has 2 aromatic rings. The fraction of sp³-hybridized carbons (Fsp3) is 0.250. The highest BCUT2D eigenvalue weighted by Crippen LogP contribution is 2.20. The molecule has 0 saturated carbocycles. The highest BCUT2D eigenvalue weighted by Gasteiger charge is 2.04. The molecule has 0 fully saturated rings. The van der Waals surface area contributed by atoms with Gasteiger partial charge in [-0.25, -0.2) is 4.39 Å². The number of hydrogen-bond acceptors (Lipinski definition) is 2. The number of rotatable bonds is 5. The van der Waals surface area contributed by atoms with Gasteiger partial charge in [0.25, 0.3) is 0 Å². The Morgan fingerprint density at radius 2 is 1.89 bits per heavy atom. The van der Waals surface area contributed by atoms with Crippen molar-refractivity contribution >= 4 is 0 Å². The zero-order valence-corrected chi connectivity index (χ0v) is 11.0. The first-order valence-electron chi connectivity index (χ1n) is 6.42. The monoisotopic (exact) mass is 259 g/mol. The van der Waals surface area contributed by atoms with Crippen LogP contribution >= 0.6 is 0 Å². The van der Waals surface area contributed by atoms with E-state index in [4.69, 9.17) is 10.5 Å². The summed E-state index contributed by atoms with van der Waals surface area (Å²) in [6.45, 7) is 2.71. The minimum atomic E-state index is -0.264. The van der Waals surface area contributed by atoms with Crippen LogP contribution in [-0.2, 0) is 19.6 Å². The molecule has 0 bridgehead atoms. The van der Waals surface area contributed by atoms with E-state index in [0.29, 0.717) is 12.2 Å². The van der Waals surface area contributed by atoms with Crippen molar-refractivity contribution in [2.45, 2.75) is 26.5 Å². The Balaban J connectivity index is 2.10. The van der Waals surface area contributed by atoms with Gasteiger partial charge in [-0.3, -0.25) is 0 Å². The molecular weight excluding hydrogens is 241 g/mol. The second-order valence-electron chi connectivity index (χ2n) is 4.38. The van der Waals surface area contributed by atoms with Gasteiger partial charge in [0.2, 0.25) is 0 Å². The molecular formula is C16H18FNO. The lowest BCUT2D eigenvalue weighted by Crippen LogP contribution is -2.03. The lowest BCUT2D eigenvalue weighted by Gasteiger charge is -2.11. The maximum atomic E-state index is 13.3. The predicted octanol–water partition coefficient (Wildman–Crippen LogP) is 3.43. The summed E-state index contributed by atoms with van der Waals surface area (Å²) in [7, 11) is 0. The normalized spacial score (nSPS) is 10.5. The van der Waals surface area contributed by atoms with Gasteiger partial charge in [0, 0.05) is 12.1 Å². The quantitative estimate of drug-likeness (QED) is 0.893. The number of hydrogen-bond donors (Lipinski definition) is 1. The third-order valence-electron chi connectivity index (χ3n) is 3.08. The summed E-state index contributed by atoms with van der Waals surface area (Å²) in [5.74, 6) is 0.615. The standard InChI is InChI=1S/C16H18FNO/c1-2-13-5-3-4-6-16(13)19-11-12-7-8-15(17)14(9-12)10-18/h3-9H,2,10-11,18H2,1H3. The fourth-order valence-electron chi connectivity index (χ4n) is 1.97. The molecule has 0 aliphatic rings. The van der Waals surface area contributed by atoms with Gasteiger partial charge >= 0.3 is 0 Å². The number of aryl methyl sites for hydroxylation is 1. The summed E-state index contributed by atoms with van der Waals surface area (Å²) < 4.78 is 19.1. The van der Waals surface area contributed by atoms with Gasteiger partial charge in [-0.1, -0.05) is 31.2 Å². The Bertz CT molecular complexity index is 554. The highest BCUT2D eigenvalue weighted by atomic mass is 19.1. The molecule has 0 aromatic heterocycles. The van der Waals surface area contributed by atoms with Crippen molar-refractivity contribution in [1.82, 2.24) is 0 Å². The zero-order valence-electron chi connectivity index (χ0n) is 11.0. The number of nitrogens with two attached hydrogens (primary N) is 1. The number of benzene rings is 2. The molecule has 0 aliphatic heterocycles. The Morgan fingerprint density at radius 1 is 1.11 bits per heavy atom. The van der Waals surface area contributed by atoms with Gasteiger partial charge in [-0.2, -0.15) is 0 Å². The molecule has 2 aromatic carbocycles. The van der Waals surface area contributed by atoms with E-state index in [1.54, 1.807) is 12.1 Å². The molecule has 2 N–H and O–H groups in total. The van der Waals surface area contributed by atoms with Crippen LogP contribution in [0.2, 0.25) is 0 Å². The van der Waals surface area contributed by atoms with Crippen LogP contribution in [0.1, 0.15) is 23.6 Å². The molecule has 0 amide bonds. The first kappa shape index (κ1) is 13.6. The average Bonchev–Trinajstić information content (AvgIpc) is 2.46. The van der Waals surface area contributed by atoms with Crippen LogP contribution in [0.15, 0.2) is 42.5 Å². The van der Waals surface area contributed by atoms with Crippen LogP contribution in [-0.4, -0.2) is 0 Å². The second-order valence-corrected chi connectivity index (χ2v) is 4.38. The molecule has 0 aliphatic carbocycles. The first-order valence-corrected chi connectivity index (χ1v) is 6.42. The largest absolute Gasteiger partial charge is 0.489 e. The van der Waals surface area contributed by atoms with Crippen molar-refractivity contribution in [3.63, 3.8) is 0 Å². The average molecular weight is 259 g/mol. The Hall–Kier alpha value is -1.87. The van der Waals surface area contributed by atoms with Gasteiger partial charge < -0.3 is 10.5 Å². The number of para-hydroxylation sites is 1. The minimum Gasteiger partial charge on any atom is -0.489 e. The van der Waals surface area contributed by atoms with E-state index in [2.05, 4.69) is 6.92 Å². The van der Waals surface area contributed by atoms with Crippen LogP contribution in [0, 0.1) is 5.82 Å². The smallest absolute Gasteiger partial charge is 0.127 e.